The zero-order chi connectivity index (χ0) is 10.6. The highest BCUT2D eigenvalue weighted by molar-refractivity contribution is 6.18. The topological polar surface area (TPSA) is 42.7 Å². The second kappa shape index (κ2) is 4.75. The lowest BCUT2D eigenvalue weighted by Gasteiger charge is -2.26. The number of nitrogens with zero attached hydrogens (tertiary/aromatic N) is 3. The second-order valence-electron chi connectivity index (χ2n) is 3.78. The number of aromatic nitrogens is 3. The minimum absolute atomic E-state index is 0.0148. The Morgan fingerprint density at radius 2 is 2.36 bits per heavy atom. The summed E-state index contributed by atoms with van der Waals surface area (Å²) in [6, 6.07) is 0. The van der Waals surface area contributed by atoms with Gasteiger partial charge in [-0.3, -0.25) is 4.68 Å². The Balaban J connectivity index is 2.47. The summed E-state index contributed by atoms with van der Waals surface area (Å²) in [6.07, 6.45) is 2.90. The molecular formula is C9H17ClN4. The first-order chi connectivity index (χ1) is 6.59. The van der Waals surface area contributed by atoms with Gasteiger partial charge >= 0.3 is 0 Å². The predicted molar refractivity (Wildman–Crippen MR) is 57.3 cm³/mol. The first-order valence-corrected chi connectivity index (χ1v) is 5.29. The van der Waals surface area contributed by atoms with Gasteiger partial charge in [-0.15, -0.1) is 16.7 Å². The number of halogens is 1. The minimum atomic E-state index is -0.0148. The largest absolute Gasteiger partial charge is 0.305 e. The Morgan fingerprint density at radius 1 is 1.64 bits per heavy atom. The third kappa shape index (κ3) is 2.96. The van der Waals surface area contributed by atoms with Gasteiger partial charge in [-0.2, -0.15) is 0 Å². The number of hydrogen-bond acceptors (Lipinski definition) is 3. The third-order valence-corrected chi connectivity index (χ3v) is 3.01. The molecule has 80 valence electrons. The molecule has 0 saturated carbocycles. The molecule has 5 heteroatoms. The van der Waals surface area contributed by atoms with Crippen molar-refractivity contribution in [3.8, 4) is 0 Å². The Bertz CT molecular complexity index is 280. The van der Waals surface area contributed by atoms with Crippen molar-refractivity contribution in [1.82, 2.24) is 20.3 Å². The molecular weight excluding hydrogens is 200 g/mol. The minimum Gasteiger partial charge on any atom is -0.305 e. The monoisotopic (exact) mass is 216 g/mol. The van der Waals surface area contributed by atoms with Crippen LogP contribution in [0, 0.1) is 0 Å². The van der Waals surface area contributed by atoms with Crippen LogP contribution in [0.3, 0.4) is 0 Å². The van der Waals surface area contributed by atoms with Crippen LogP contribution in [0.25, 0.3) is 0 Å². The molecule has 4 nitrogen and oxygen atoms in total. The first-order valence-electron chi connectivity index (χ1n) is 4.76. The summed E-state index contributed by atoms with van der Waals surface area (Å²) in [5.41, 5.74) is 0.927. The van der Waals surface area contributed by atoms with Crippen LogP contribution in [0.5, 0.6) is 0 Å². The van der Waals surface area contributed by atoms with Gasteiger partial charge in [0.15, 0.2) is 0 Å². The third-order valence-electron chi connectivity index (χ3n) is 2.42. The standard InChI is InChI=1S/C9H17ClN4/c1-4-9(2,7-10)11-5-8-6-14(3)13-12-8/h6,11H,4-5,7H2,1-3H3. The van der Waals surface area contributed by atoms with Gasteiger partial charge in [0.05, 0.1) is 5.69 Å². The molecule has 0 radical (unpaired) electrons. The molecule has 1 atom stereocenters. The van der Waals surface area contributed by atoms with Crippen molar-refractivity contribution in [2.75, 3.05) is 5.88 Å². The molecule has 0 saturated heterocycles. The maximum atomic E-state index is 5.88. The van der Waals surface area contributed by atoms with Gasteiger partial charge in [0.2, 0.25) is 0 Å². The first kappa shape index (κ1) is 11.5. The lowest BCUT2D eigenvalue weighted by atomic mass is 10.0. The van der Waals surface area contributed by atoms with Crippen LogP contribution < -0.4 is 5.32 Å². The van der Waals surface area contributed by atoms with Crippen LogP contribution in [0.1, 0.15) is 26.0 Å². The van der Waals surface area contributed by atoms with E-state index >= 15 is 0 Å². The summed E-state index contributed by atoms with van der Waals surface area (Å²) in [5.74, 6) is 0.601. The zero-order valence-corrected chi connectivity index (χ0v) is 9.67. The van der Waals surface area contributed by atoms with E-state index in [1.165, 1.54) is 0 Å². The molecule has 1 aromatic heterocycles. The Labute approximate surface area is 89.6 Å². The number of aryl methyl sites for hydroxylation is 1. The van der Waals surface area contributed by atoms with E-state index in [4.69, 9.17) is 11.6 Å². The van der Waals surface area contributed by atoms with Gasteiger partial charge in [0.25, 0.3) is 0 Å². The molecule has 1 heterocycles. The molecule has 0 fully saturated rings. The lowest BCUT2D eigenvalue weighted by molar-refractivity contribution is 0.377. The summed E-state index contributed by atoms with van der Waals surface area (Å²) in [4.78, 5) is 0. The molecule has 0 aliphatic carbocycles. The lowest BCUT2D eigenvalue weighted by Crippen LogP contribution is -2.43. The summed E-state index contributed by atoms with van der Waals surface area (Å²) >= 11 is 5.88. The van der Waals surface area contributed by atoms with E-state index in [1.807, 2.05) is 13.2 Å². The van der Waals surface area contributed by atoms with Crippen molar-refractivity contribution in [3.05, 3.63) is 11.9 Å². The van der Waals surface area contributed by atoms with Crippen LogP contribution in [0.4, 0.5) is 0 Å². The van der Waals surface area contributed by atoms with E-state index in [9.17, 15) is 0 Å². The van der Waals surface area contributed by atoms with Crippen LogP contribution in [0.15, 0.2) is 6.20 Å². The fourth-order valence-electron chi connectivity index (χ4n) is 1.05. The zero-order valence-electron chi connectivity index (χ0n) is 8.92. The average molecular weight is 217 g/mol. The molecule has 1 aromatic rings. The molecule has 0 spiro atoms. The highest BCUT2D eigenvalue weighted by atomic mass is 35.5. The van der Waals surface area contributed by atoms with Gasteiger partial charge in [-0.1, -0.05) is 12.1 Å². The number of rotatable bonds is 5. The normalized spacial score (nSPS) is 15.4. The summed E-state index contributed by atoms with van der Waals surface area (Å²) in [7, 11) is 1.86. The van der Waals surface area contributed by atoms with Gasteiger partial charge in [0.1, 0.15) is 0 Å². The Morgan fingerprint density at radius 3 is 2.79 bits per heavy atom. The maximum Gasteiger partial charge on any atom is 0.0964 e. The second-order valence-corrected chi connectivity index (χ2v) is 4.05. The molecule has 1 rings (SSSR count). The molecule has 1 unspecified atom stereocenters. The van der Waals surface area contributed by atoms with E-state index in [0.717, 1.165) is 12.1 Å². The van der Waals surface area contributed by atoms with Crippen molar-refractivity contribution in [3.63, 3.8) is 0 Å². The molecule has 0 aliphatic rings. The van der Waals surface area contributed by atoms with Gasteiger partial charge < -0.3 is 5.32 Å². The van der Waals surface area contributed by atoms with Crippen molar-refractivity contribution in [2.24, 2.45) is 7.05 Å². The number of hydrogen-bond donors (Lipinski definition) is 1. The van der Waals surface area contributed by atoms with E-state index in [-0.39, 0.29) is 5.54 Å². The Hall–Kier alpha value is -0.610. The molecule has 0 aliphatic heterocycles. The molecule has 14 heavy (non-hydrogen) atoms. The average Bonchev–Trinajstić information content (AvgIpc) is 2.61. The molecule has 0 amide bonds. The van der Waals surface area contributed by atoms with Gasteiger partial charge in [-0.05, 0) is 13.3 Å². The maximum absolute atomic E-state index is 5.88. The molecule has 1 N–H and O–H groups in total. The van der Waals surface area contributed by atoms with Gasteiger partial charge in [0, 0.05) is 31.2 Å². The van der Waals surface area contributed by atoms with Crippen LogP contribution >= 0.6 is 11.6 Å². The van der Waals surface area contributed by atoms with E-state index < -0.39 is 0 Å². The summed E-state index contributed by atoms with van der Waals surface area (Å²) in [6.45, 7) is 4.94. The smallest absolute Gasteiger partial charge is 0.0964 e. The highest BCUT2D eigenvalue weighted by Crippen LogP contribution is 2.11. The highest BCUT2D eigenvalue weighted by Gasteiger charge is 2.19. The quantitative estimate of drug-likeness (QED) is 0.755. The van der Waals surface area contributed by atoms with Crippen molar-refractivity contribution >= 4 is 11.6 Å². The van der Waals surface area contributed by atoms with Crippen molar-refractivity contribution in [2.45, 2.75) is 32.4 Å². The number of nitrogens with one attached hydrogen (secondary N) is 1. The van der Waals surface area contributed by atoms with Crippen molar-refractivity contribution in [1.29, 1.82) is 0 Å². The fourth-order valence-corrected chi connectivity index (χ4v) is 1.33. The van der Waals surface area contributed by atoms with Crippen LogP contribution in [0.2, 0.25) is 0 Å². The van der Waals surface area contributed by atoms with Gasteiger partial charge in [-0.25, -0.2) is 0 Å². The van der Waals surface area contributed by atoms with Crippen LogP contribution in [-0.4, -0.2) is 26.4 Å². The molecule has 0 aromatic carbocycles. The summed E-state index contributed by atoms with van der Waals surface area (Å²) < 4.78 is 1.70. The SMILES string of the molecule is CCC(C)(CCl)NCc1cn(C)nn1. The Kier molecular flexibility index (Phi) is 3.89. The van der Waals surface area contributed by atoms with E-state index in [1.54, 1.807) is 4.68 Å². The predicted octanol–water partition coefficient (Wildman–Crippen LogP) is 1.31. The summed E-state index contributed by atoms with van der Waals surface area (Å²) in [5, 5.41) is 11.2. The van der Waals surface area contributed by atoms with E-state index in [0.29, 0.717) is 12.4 Å². The number of alkyl halides is 1. The fraction of sp³-hybridized carbons (Fsp3) is 0.778. The van der Waals surface area contributed by atoms with E-state index in [2.05, 4.69) is 29.5 Å². The van der Waals surface area contributed by atoms with Crippen LogP contribution in [-0.2, 0) is 13.6 Å². The van der Waals surface area contributed by atoms with Crippen molar-refractivity contribution < 1.29 is 0 Å². The molecule has 0 bridgehead atoms.